The maximum atomic E-state index is 12.2. The molecule has 0 fully saturated rings. The Morgan fingerprint density at radius 3 is 2.44 bits per heavy atom. The van der Waals surface area contributed by atoms with Crippen LogP contribution >= 0.6 is 11.3 Å². The lowest BCUT2D eigenvalue weighted by atomic mass is 10.0. The highest BCUT2D eigenvalue weighted by Crippen LogP contribution is 2.35. The van der Waals surface area contributed by atoms with Crippen LogP contribution in [0.1, 0.15) is 42.7 Å². The van der Waals surface area contributed by atoms with E-state index in [1.54, 1.807) is 0 Å². The van der Waals surface area contributed by atoms with Gasteiger partial charge < -0.3 is 5.11 Å². The summed E-state index contributed by atoms with van der Waals surface area (Å²) >= 11 is 0.513. The number of alkyl halides is 3. The van der Waals surface area contributed by atoms with Crippen molar-refractivity contribution < 1.29 is 18.3 Å². The number of halogens is 3. The topological polar surface area (TPSA) is 33.1 Å². The van der Waals surface area contributed by atoms with E-state index >= 15 is 0 Å². The first-order valence-corrected chi connectivity index (χ1v) is 5.83. The molecule has 2 nitrogen and oxygen atoms in total. The number of nitrogens with zero attached hydrogens (tertiary/aromatic N) is 1. The van der Waals surface area contributed by atoms with Crippen molar-refractivity contribution in [2.24, 2.45) is 5.92 Å². The second-order valence-corrected chi connectivity index (χ2v) is 5.11. The van der Waals surface area contributed by atoms with Gasteiger partial charge in [-0.15, -0.1) is 11.3 Å². The van der Waals surface area contributed by atoms with Gasteiger partial charge in [-0.2, -0.15) is 13.2 Å². The molecule has 1 aromatic heterocycles. The van der Waals surface area contributed by atoms with E-state index in [0.717, 1.165) is 12.6 Å². The highest BCUT2D eigenvalue weighted by atomic mass is 32.1. The average molecular weight is 253 g/mol. The zero-order chi connectivity index (χ0) is 12.3. The summed E-state index contributed by atoms with van der Waals surface area (Å²) in [5.74, 6) is 0.421. The Labute approximate surface area is 96.1 Å². The Kier molecular flexibility index (Phi) is 4.32. The number of hydrogen-bond donors (Lipinski definition) is 1. The van der Waals surface area contributed by atoms with E-state index in [2.05, 4.69) is 4.98 Å². The molecule has 0 spiro atoms. The second-order valence-electron chi connectivity index (χ2n) is 4.05. The summed E-state index contributed by atoms with van der Waals surface area (Å²) in [7, 11) is 0. The van der Waals surface area contributed by atoms with E-state index in [4.69, 9.17) is 0 Å². The first-order valence-electron chi connectivity index (χ1n) is 5.01. The van der Waals surface area contributed by atoms with E-state index in [9.17, 15) is 18.3 Å². The summed E-state index contributed by atoms with van der Waals surface area (Å²) in [5, 5.41) is 8.75. The molecule has 1 rings (SSSR count). The molecular formula is C10H14F3NOS. The van der Waals surface area contributed by atoms with Crippen molar-refractivity contribution in [1.29, 1.82) is 0 Å². The Morgan fingerprint density at radius 1 is 1.38 bits per heavy atom. The number of aliphatic hydroxyl groups excluding tert-OH is 1. The third-order valence-electron chi connectivity index (χ3n) is 2.11. The Morgan fingerprint density at radius 2 is 2.00 bits per heavy atom. The van der Waals surface area contributed by atoms with Gasteiger partial charge in [0, 0.05) is 6.20 Å². The van der Waals surface area contributed by atoms with Gasteiger partial charge in [-0.25, -0.2) is 4.98 Å². The zero-order valence-corrected chi connectivity index (χ0v) is 9.90. The first kappa shape index (κ1) is 13.4. The van der Waals surface area contributed by atoms with Crippen LogP contribution in [-0.2, 0) is 6.18 Å². The molecule has 1 heterocycles. The number of hydrogen-bond acceptors (Lipinski definition) is 3. The van der Waals surface area contributed by atoms with E-state index in [1.807, 2.05) is 13.8 Å². The molecule has 1 N–H and O–H groups in total. The highest BCUT2D eigenvalue weighted by Gasteiger charge is 2.35. The summed E-state index contributed by atoms with van der Waals surface area (Å²) in [6, 6.07) is 0. The van der Waals surface area contributed by atoms with Crippen LogP contribution in [0, 0.1) is 5.92 Å². The number of aromatic nitrogens is 1. The molecule has 16 heavy (non-hydrogen) atoms. The molecule has 1 unspecified atom stereocenters. The lowest BCUT2D eigenvalue weighted by molar-refractivity contribution is -0.137. The number of thiazole rings is 1. The van der Waals surface area contributed by atoms with Gasteiger partial charge in [0.15, 0.2) is 5.01 Å². The van der Waals surface area contributed by atoms with Gasteiger partial charge in [0.2, 0.25) is 0 Å². The smallest absolute Gasteiger partial charge is 0.388 e. The molecule has 0 radical (unpaired) electrons. The SMILES string of the molecule is CC(C)CCC(O)c1cnc(C(F)(F)F)s1. The maximum Gasteiger partial charge on any atom is 0.443 e. The van der Waals surface area contributed by atoms with Crippen molar-refractivity contribution in [1.82, 2.24) is 4.98 Å². The van der Waals surface area contributed by atoms with Crippen molar-refractivity contribution in [3.63, 3.8) is 0 Å². The Hall–Kier alpha value is -0.620. The van der Waals surface area contributed by atoms with Gasteiger partial charge in [0.25, 0.3) is 0 Å². The fourth-order valence-corrected chi connectivity index (χ4v) is 2.01. The quantitative estimate of drug-likeness (QED) is 0.888. The normalized spacial score (nSPS) is 14.4. The van der Waals surface area contributed by atoms with Crippen molar-refractivity contribution in [2.45, 2.75) is 39.0 Å². The van der Waals surface area contributed by atoms with Gasteiger partial charge in [0.05, 0.1) is 11.0 Å². The lowest BCUT2D eigenvalue weighted by Crippen LogP contribution is -2.03. The number of aliphatic hydroxyl groups is 1. The molecule has 92 valence electrons. The summed E-state index contributed by atoms with van der Waals surface area (Å²) in [4.78, 5) is 3.55. The van der Waals surface area contributed by atoms with Crippen LogP contribution in [0.3, 0.4) is 0 Å². The van der Waals surface area contributed by atoms with Gasteiger partial charge in [-0.05, 0) is 18.8 Å². The van der Waals surface area contributed by atoms with Crippen LogP contribution in [0.25, 0.3) is 0 Å². The average Bonchev–Trinajstić information content (AvgIpc) is 2.61. The molecule has 0 amide bonds. The van der Waals surface area contributed by atoms with E-state index in [1.165, 1.54) is 0 Å². The summed E-state index contributed by atoms with van der Waals surface area (Å²) in [6.45, 7) is 4.00. The Balaban J connectivity index is 2.63. The van der Waals surface area contributed by atoms with E-state index < -0.39 is 17.3 Å². The minimum Gasteiger partial charge on any atom is -0.388 e. The second kappa shape index (κ2) is 5.14. The molecule has 0 aliphatic rings. The molecule has 1 aromatic rings. The summed E-state index contributed by atoms with van der Waals surface area (Å²) < 4.78 is 36.7. The molecule has 6 heteroatoms. The third kappa shape index (κ3) is 3.75. The predicted octanol–water partition coefficient (Wildman–Crippen LogP) is 3.63. The minimum absolute atomic E-state index is 0.285. The van der Waals surface area contributed by atoms with Crippen LogP contribution in [0.4, 0.5) is 13.2 Å². The molecule has 0 aromatic carbocycles. The van der Waals surface area contributed by atoms with Crippen molar-refractivity contribution in [2.75, 3.05) is 0 Å². The lowest BCUT2D eigenvalue weighted by Gasteiger charge is -2.09. The van der Waals surface area contributed by atoms with Crippen LogP contribution in [0.5, 0.6) is 0 Å². The fraction of sp³-hybridized carbons (Fsp3) is 0.700. The Bertz CT molecular complexity index is 335. The third-order valence-corrected chi connectivity index (χ3v) is 3.26. The molecular weight excluding hydrogens is 239 g/mol. The van der Waals surface area contributed by atoms with Crippen molar-refractivity contribution in [3.8, 4) is 0 Å². The summed E-state index contributed by atoms with van der Waals surface area (Å²) in [6.07, 6.45) is -2.90. The molecule has 0 aliphatic heterocycles. The van der Waals surface area contributed by atoms with Crippen LogP contribution in [0.15, 0.2) is 6.20 Å². The van der Waals surface area contributed by atoms with E-state index in [0.29, 0.717) is 23.7 Å². The van der Waals surface area contributed by atoms with Crippen LogP contribution < -0.4 is 0 Å². The fourth-order valence-electron chi connectivity index (χ4n) is 1.21. The molecule has 0 aliphatic carbocycles. The number of rotatable bonds is 4. The highest BCUT2D eigenvalue weighted by molar-refractivity contribution is 7.11. The monoisotopic (exact) mass is 253 g/mol. The maximum absolute atomic E-state index is 12.2. The molecule has 0 saturated carbocycles. The summed E-state index contributed by atoms with van der Waals surface area (Å²) in [5.41, 5.74) is 0. The van der Waals surface area contributed by atoms with Gasteiger partial charge in [-0.1, -0.05) is 13.8 Å². The standard InChI is InChI=1S/C10H14F3NOS/c1-6(2)3-4-7(15)8-5-14-9(16-8)10(11,12)13/h5-7,15H,3-4H2,1-2H3. The van der Waals surface area contributed by atoms with Gasteiger partial charge >= 0.3 is 6.18 Å². The minimum atomic E-state index is -4.42. The van der Waals surface area contributed by atoms with E-state index in [-0.39, 0.29) is 4.88 Å². The van der Waals surface area contributed by atoms with Gasteiger partial charge in [-0.3, -0.25) is 0 Å². The van der Waals surface area contributed by atoms with Crippen molar-refractivity contribution in [3.05, 3.63) is 16.1 Å². The molecule has 0 saturated heterocycles. The molecule has 0 bridgehead atoms. The van der Waals surface area contributed by atoms with Crippen molar-refractivity contribution >= 4 is 11.3 Å². The molecule has 1 atom stereocenters. The predicted molar refractivity (Wildman–Crippen MR) is 56.1 cm³/mol. The first-order chi connectivity index (χ1) is 7.30. The largest absolute Gasteiger partial charge is 0.443 e. The van der Waals surface area contributed by atoms with Crippen LogP contribution in [-0.4, -0.2) is 10.1 Å². The van der Waals surface area contributed by atoms with Gasteiger partial charge in [0.1, 0.15) is 0 Å². The van der Waals surface area contributed by atoms with Crippen LogP contribution in [0.2, 0.25) is 0 Å². The zero-order valence-electron chi connectivity index (χ0n) is 9.08.